The number of rotatable bonds is 20. The lowest BCUT2D eigenvalue weighted by atomic mass is 9.93. The van der Waals surface area contributed by atoms with Gasteiger partial charge in [0.05, 0.1) is 0 Å². The minimum atomic E-state index is 0.849. The van der Waals surface area contributed by atoms with Crippen LogP contribution in [0.15, 0.2) is 12.2 Å². The van der Waals surface area contributed by atoms with Gasteiger partial charge in [0, 0.05) is 0 Å². The second kappa shape index (κ2) is 20.1. The summed E-state index contributed by atoms with van der Waals surface area (Å²) in [4.78, 5) is 0. The Morgan fingerprint density at radius 1 is 0.600 bits per heavy atom. The van der Waals surface area contributed by atoms with Crippen LogP contribution in [0.5, 0.6) is 0 Å². The molecule has 0 fully saturated rings. The molecule has 0 aliphatic carbocycles. The van der Waals surface area contributed by atoms with Crippen LogP contribution >= 0.6 is 0 Å². The summed E-state index contributed by atoms with van der Waals surface area (Å²) in [5, 5.41) is 0. The first kappa shape index (κ1) is 24.7. The molecule has 0 saturated heterocycles. The zero-order chi connectivity index (χ0) is 18.6. The van der Waals surface area contributed by atoms with Crippen molar-refractivity contribution in [2.75, 3.05) is 0 Å². The number of unbranched alkanes of at least 4 members (excludes halogenated alkanes) is 14. The van der Waals surface area contributed by atoms with Crippen LogP contribution in [0.2, 0.25) is 0 Å². The quantitative estimate of drug-likeness (QED) is 0.151. The van der Waals surface area contributed by atoms with Gasteiger partial charge in [-0.25, -0.2) is 0 Å². The van der Waals surface area contributed by atoms with Crippen LogP contribution in [0.4, 0.5) is 0 Å². The summed E-state index contributed by atoms with van der Waals surface area (Å²) in [5.41, 5.74) is 1.51. The van der Waals surface area contributed by atoms with E-state index in [1.54, 1.807) is 0 Å². The molecule has 0 aromatic carbocycles. The molecule has 0 nitrogen and oxygen atoms in total. The lowest BCUT2D eigenvalue weighted by molar-refractivity contribution is 0.470. The standard InChI is InChI=1S/C25H50/c1-5-7-9-11-13-15-17-19-21-24(3)23-25(4)22-20-18-16-14-12-10-8-6-2/h25H,3,5-23H2,1-2,4H3. The third kappa shape index (κ3) is 19.9. The van der Waals surface area contributed by atoms with E-state index < -0.39 is 0 Å². The van der Waals surface area contributed by atoms with Crippen molar-refractivity contribution >= 4 is 0 Å². The molecule has 0 bridgehead atoms. The molecule has 25 heavy (non-hydrogen) atoms. The second-order valence-corrected chi connectivity index (χ2v) is 8.55. The molecular weight excluding hydrogens is 300 g/mol. The first-order valence-electron chi connectivity index (χ1n) is 11.9. The van der Waals surface area contributed by atoms with Gasteiger partial charge in [-0.15, -0.1) is 0 Å². The minimum Gasteiger partial charge on any atom is -0.0999 e. The fraction of sp³-hybridized carbons (Fsp3) is 0.920. The molecule has 1 atom stereocenters. The zero-order valence-corrected chi connectivity index (χ0v) is 18.2. The Balaban J connectivity index is 3.33. The van der Waals surface area contributed by atoms with Crippen LogP contribution in [-0.4, -0.2) is 0 Å². The molecule has 0 N–H and O–H groups in total. The van der Waals surface area contributed by atoms with Gasteiger partial charge in [0.25, 0.3) is 0 Å². The Morgan fingerprint density at radius 3 is 1.48 bits per heavy atom. The number of hydrogen-bond acceptors (Lipinski definition) is 0. The van der Waals surface area contributed by atoms with E-state index in [9.17, 15) is 0 Å². The second-order valence-electron chi connectivity index (χ2n) is 8.55. The summed E-state index contributed by atoms with van der Waals surface area (Å²) in [6, 6.07) is 0. The Bertz CT molecular complexity index is 265. The summed E-state index contributed by atoms with van der Waals surface area (Å²) in [7, 11) is 0. The summed E-state index contributed by atoms with van der Waals surface area (Å²) in [6.07, 6.45) is 26.8. The largest absolute Gasteiger partial charge is 0.0999 e. The third-order valence-corrected chi connectivity index (χ3v) is 5.57. The topological polar surface area (TPSA) is 0 Å². The third-order valence-electron chi connectivity index (χ3n) is 5.57. The molecular formula is C25H50. The summed E-state index contributed by atoms with van der Waals surface area (Å²) >= 11 is 0. The van der Waals surface area contributed by atoms with E-state index in [-0.39, 0.29) is 0 Å². The molecule has 0 aromatic rings. The van der Waals surface area contributed by atoms with Crippen LogP contribution < -0.4 is 0 Å². The zero-order valence-electron chi connectivity index (χ0n) is 18.2. The van der Waals surface area contributed by atoms with Crippen LogP contribution in [0.3, 0.4) is 0 Å². The molecule has 0 spiro atoms. The van der Waals surface area contributed by atoms with Gasteiger partial charge in [0.2, 0.25) is 0 Å². The smallest absolute Gasteiger partial charge is 0.0297 e. The van der Waals surface area contributed by atoms with E-state index >= 15 is 0 Å². The summed E-state index contributed by atoms with van der Waals surface area (Å²) < 4.78 is 0. The molecule has 0 aliphatic heterocycles. The summed E-state index contributed by atoms with van der Waals surface area (Å²) in [5.74, 6) is 0.849. The van der Waals surface area contributed by atoms with Crippen molar-refractivity contribution in [2.45, 2.75) is 143 Å². The SMILES string of the molecule is C=C(CCCCCCCCCC)CC(C)CCCCCCCCCC. The van der Waals surface area contributed by atoms with E-state index in [2.05, 4.69) is 27.4 Å². The highest BCUT2D eigenvalue weighted by atomic mass is 14.1. The highest BCUT2D eigenvalue weighted by Crippen LogP contribution is 2.21. The van der Waals surface area contributed by atoms with Crippen molar-refractivity contribution in [3.05, 3.63) is 12.2 Å². The fourth-order valence-electron chi connectivity index (χ4n) is 3.83. The maximum atomic E-state index is 4.34. The van der Waals surface area contributed by atoms with E-state index in [1.165, 1.54) is 128 Å². The van der Waals surface area contributed by atoms with Crippen LogP contribution in [0.1, 0.15) is 143 Å². The van der Waals surface area contributed by atoms with Crippen LogP contribution in [0, 0.1) is 5.92 Å². The Kier molecular flexibility index (Phi) is 19.8. The highest BCUT2D eigenvalue weighted by molar-refractivity contribution is 4.95. The van der Waals surface area contributed by atoms with Crippen LogP contribution in [0.25, 0.3) is 0 Å². The molecule has 0 aliphatic rings. The lowest BCUT2D eigenvalue weighted by Crippen LogP contribution is -1.97. The van der Waals surface area contributed by atoms with Gasteiger partial charge < -0.3 is 0 Å². The molecule has 0 saturated carbocycles. The van der Waals surface area contributed by atoms with Gasteiger partial charge in [0.15, 0.2) is 0 Å². The lowest BCUT2D eigenvalue weighted by Gasteiger charge is -2.13. The predicted octanol–water partition coefficient (Wildman–Crippen LogP) is 9.63. The van der Waals surface area contributed by atoms with Crippen molar-refractivity contribution in [3.8, 4) is 0 Å². The summed E-state index contributed by atoms with van der Waals surface area (Å²) in [6.45, 7) is 11.4. The molecule has 0 rings (SSSR count). The van der Waals surface area contributed by atoms with Gasteiger partial charge in [-0.2, -0.15) is 0 Å². The molecule has 0 radical (unpaired) electrons. The number of hydrogen-bond donors (Lipinski definition) is 0. The van der Waals surface area contributed by atoms with Crippen molar-refractivity contribution in [1.29, 1.82) is 0 Å². The molecule has 1 unspecified atom stereocenters. The van der Waals surface area contributed by atoms with Crippen molar-refractivity contribution in [3.63, 3.8) is 0 Å². The average Bonchev–Trinajstić information content (AvgIpc) is 2.59. The van der Waals surface area contributed by atoms with E-state index in [0.29, 0.717) is 0 Å². The maximum absolute atomic E-state index is 4.34. The highest BCUT2D eigenvalue weighted by Gasteiger charge is 2.05. The van der Waals surface area contributed by atoms with Gasteiger partial charge in [-0.3, -0.25) is 0 Å². The first-order chi connectivity index (χ1) is 12.2. The van der Waals surface area contributed by atoms with Gasteiger partial charge in [-0.1, -0.05) is 136 Å². The molecule has 0 amide bonds. The minimum absolute atomic E-state index is 0.849. The maximum Gasteiger partial charge on any atom is -0.0297 e. The average molecular weight is 351 g/mol. The Hall–Kier alpha value is -0.260. The predicted molar refractivity (Wildman–Crippen MR) is 117 cm³/mol. The van der Waals surface area contributed by atoms with E-state index in [4.69, 9.17) is 0 Å². The number of allylic oxidation sites excluding steroid dienone is 1. The molecule has 0 heteroatoms. The monoisotopic (exact) mass is 350 g/mol. The van der Waals surface area contributed by atoms with Gasteiger partial charge in [-0.05, 0) is 25.2 Å². The van der Waals surface area contributed by atoms with E-state index in [0.717, 1.165) is 5.92 Å². The first-order valence-corrected chi connectivity index (χ1v) is 11.9. The fourth-order valence-corrected chi connectivity index (χ4v) is 3.83. The molecule has 0 heterocycles. The van der Waals surface area contributed by atoms with Crippen molar-refractivity contribution < 1.29 is 0 Å². The van der Waals surface area contributed by atoms with Crippen molar-refractivity contribution in [1.82, 2.24) is 0 Å². The van der Waals surface area contributed by atoms with Crippen LogP contribution in [-0.2, 0) is 0 Å². The molecule has 150 valence electrons. The Labute approximate surface area is 161 Å². The van der Waals surface area contributed by atoms with E-state index in [1.807, 2.05) is 0 Å². The van der Waals surface area contributed by atoms with Gasteiger partial charge in [0.1, 0.15) is 0 Å². The van der Waals surface area contributed by atoms with Gasteiger partial charge >= 0.3 is 0 Å². The molecule has 0 aromatic heterocycles. The van der Waals surface area contributed by atoms with Crippen molar-refractivity contribution in [2.24, 2.45) is 5.92 Å². The Morgan fingerprint density at radius 2 is 1.00 bits per heavy atom. The normalized spacial score (nSPS) is 12.4.